The highest BCUT2D eigenvalue weighted by molar-refractivity contribution is 5.30. The number of rotatable bonds is 9. The van der Waals surface area contributed by atoms with E-state index in [2.05, 4.69) is 11.7 Å². The molecule has 0 heterocycles. The third-order valence-corrected chi connectivity index (χ3v) is 9.51. The van der Waals surface area contributed by atoms with Gasteiger partial charge in [-0.05, 0) is 105 Å². The monoisotopic (exact) mass is 478 g/mol. The topological polar surface area (TPSA) is 9.23 Å². The molecule has 3 aliphatic rings. The zero-order valence-electron chi connectivity index (χ0n) is 21.1. The van der Waals surface area contributed by atoms with Gasteiger partial charge in [-0.15, -0.1) is 13.2 Å². The van der Waals surface area contributed by atoms with Gasteiger partial charge in [0.25, 0.3) is 0 Å². The lowest BCUT2D eigenvalue weighted by molar-refractivity contribution is -0.274. The molecule has 0 spiro atoms. The minimum atomic E-state index is -4.62. The standard InChI is InChI=1S/C30H45F3O/c1-2-3-4-5-6-7-22-8-10-23(11-9-22)25-12-14-28-21-26(13-15-27(28)20-25)24-16-18-29(19-17-24)34-30(31,32)33/h16-19,22-23,25-28H,2-15,20-21H2,1H3. The lowest BCUT2D eigenvalue weighted by Gasteiger charge is -2.45. The van der Waals surface area contributed by atoms with Crippen molar-refractivity contribution in [3.8, 4) is 5.75 Å². The minimum Gasteiger partial charge on any atom is -0.406 e. The van der Waals surface area contributed by atoms with Crippen LogP contribution in [0.2, 0.25) is 0 Å². The molecule has 4 heteroatoms. The summed E-state index contributed by atoms with van der Waals surface area (Å²) in [7, 11) is 0. The number of fused-ring (bicyclic) bond motifs is 1. The molecule has 0 bridgehead atoms. The van der Waals surface area contributed by atoms with Crippen molar-refractivity contribution in [2.45, 2.75) is 122 Å². The van der Waals surface area contributed by atoms with E-state index in [0.717, 1.165) is 29.6 Å². The maximum Gasteiger partial charge on any atom is 0.573 e. The summed E-state index contributed by atoms with van der Waals surface area (Å²) in [6.07, 6.45) is 17.7. The molecule has 3 fully saturated rings. The van der Waals surface area contributed by atoms with Crippen LogP contribution in [0.1, 0.15) is 121 Å². The molecule has 0 aliphatic heterocycles. The summed E-state index contributed by atoms with van der Waals surface area (Å²) >= 11 is 0. The van der Waals surface area contributed by atoms with Crippen LogP contribution in [-0.2, 0) is 0 Å². The molecule has 0 aromatic heterocycles. The first-order chi connectivity index (χ1) is 16.4. The van der Waals surface area contributed by atoms with E-state index in [4.69, 9.17) is 0 Å². The number of unbranched alkanes of at least 4 members (excludes halogenated alkanes) is 4. The van der Waals surface area contributed by atoms with E-state index in [9.17, 15) is 13.2 Å². The lowest BCUT2D eigenvalue weighted by Crippen LogP contribution is -2.34. The van der Waals surface area contributed by atoms with Crippen LogP contribution < -0.4 is 4.74 Å². The average Bonchev–Trinajstić information content (AvgIpc) is 2.83. The summed E-state index contributed by atoms with van der Waals surface area (Å²) in [6, 6.07) is 6.65. The van der Waals surface area contributed by atoms with Gasteiger partial charge in [-0.1, -0.05) is 70.4 Å². The summed E-state index contributed by atoms with van der Waals surface area (Å²) in [4.78, 5) is 0. The lowest BCUT2D eigenvalue weighted by atomic mass is 9.60. The second-order valence-electron chi connectivity index (χ2n) is 11.7. The number of alkyl halides is 3. The second-order valence-corrected chi connectivity index (χ2v) is 11.7. The highest BCUT2D eigenvalue weighted by atomic mass is 19.4. The Kier molecular flexibility index (Phi) is 9.27. The molecule has 3 aliphatic carbocycles. The second kappa shape index (κ2) is 12.2. The third-order valence-electron chi connectivity index (χ3n) is 9.51. The number of halogens is 3. The summed E-state index contributed by atoms with van der Waals surface area (Å²) in [6.45, 7) is 2.29. The van der Waals surface area contributed by atoms with E-state index in [0.29, 0.717) is 5.92 Å². The number of ether oxygens (including phenoxy) is 1. The van der Waals surface area contributed by atoms with Crippen molar-refractivity contribution in [1.29, 1.82) is 0 Å². The molecule has 3 saturated carbocycles. The molecular formula is C30H45F3O. The van der Waals surface area contributed by atoms with Gasteiger partial charge in [0.15, 0.2) is 0 Å². The molecule has 4 rings (SSSR count). The quantitative estimate of drug-likeness (QED) is 0.321. The maximum atomic E-state index is 12.4. The van der Waals surface area contributed by atoms with Crippen molar-refractivity contribution in [3.05, 3.63) is 29.8 Å². The molecule has 4 atom stereocenters. The Balaban J connectivity index is 1.19. The largest absolute Gasteiger partial charge is 0.573 e. The van der Waals surface area contributed by atoms with E-state index in [1.54, 1.807) is 0 Å². The normalized spacial score (nSPS) is 32.2. The van der Waals surface area contributed by atoms with Gasteiger partial charge < -0.3 is 4.74 Å². The molecule has 1 aromatic rings. The number of benzene rings is 1. The highest BCUT2D eigenvalue weighted by Crippen LogP contribution is 2.51. The first kappa shape index (κ1) is 25.9. The van der Waals surface area contributed by atoms with Crippen molar-refractivity contribution in [2.24, 2.45) is 29.6 Å². The number of hydrogen-bond donors (Lipinski definition) is 0. The summed E-state index contributed by atoms with van der Waals surface area (Å²) in [5.41, 5.74) is 1.18. The first-order valence-electron chi connectivity index (χ1n) is 14.3. The van der Waals surface area contributed by atoms with Crippen LogP contribution in [0.15, 0.2) is 24.3 Å². The van der Waals surface area contributed by atoms with Gasteiger partial charge in [-0.2, -0.15) is 0 Å². The number of hydrogen-bond acceptors (Lipinski definition) is 1. The van der Waals surface area contributed by atoms with Crippen molar-refractivity contribution in [1.82, 2.24) is 0 Å². The van der Waals surface area contributed by atoms with Gasteiger partial charge in [0.2, 0.25) is 0 Å². The van der Waals surface area contributed by atoms with Gasteiger partial charge >= 0.3 is 6.36 Å². The predicted octanol–water partition coefficient (Wildman–Crippen LogP) is 10.1. The van der Waals surface area contributed by atoms with Gasteiger partial charge in [0.05, 0.1) is 0 Å². The van der Waals surface area contributed by atoms with Crippen LogP contribution >= 0.6 is 0 Å². The first-order valence-corrected chi connectivity index (χ1v) is 14.3. The molecule has 34 heavy (non-hydrogen) atoms. The van der Waals surface area contributed by atoms with Crippen molar-refractivity contribution >= 4 is 0 Å². The maximum absolute atomic E-state index is 12.4. The van der Waals surface area contributed by atoms with Gasteiger partial charge in [0.1, 0.15) is 5.75 Å². The zero-order valence-corrected chi connectivity index (χ0v) is 21.1. The molecule has 0 radical (unpaired) electrons. The smallest absolute Gasteiger partial charge is 0.406 e. The van der Waals surface area contributed by atoms with Crippen LogP contribution in [0.4, 0.5) is 13.2 Å². The molecule has 4 unspecified atom stereocenters. The van der Waals surface area contributed by atoms with Gasteiger partial charge in [-0.25, -0.2) is 0 Å². The average molecular weight is 479 g/mol. The molecule has 1 nitrogen and oxygen atoms in total. The fourth-order valence-electron chi connectivity index (χ4n) is 7.58. The molecular weight excluding hydrogens is 433 g/mol. The van der Waals surface area contributed by atoms with Gasteiger partial charge in [0, 0.05) is 0 Å². The fourth-order valence-corrected chi connectivity index (χ4v) is 7.58. The van der Waals surface area contributed by atoms with E-state index in [1.807, 2.05) is 12.1 Å². The summed E-state index contributed by atoms with van der Waals surface area (Å²) < 4.78 is 41.3. The van der Waals surface area contributed by atoms with Crippen molar-refractivity contribution in [2.75, 3.05) is 0 Å². The third kappa shape index (κ3) is 7.40. The van der Waals surface area contributed by atoms with Crippen molar-refractivity contribution in [3.63, 3.8) is 0 Å². The molecule has 0 amide bonds. The fraction of sp³-hybridized carbons (Fsp3) is 0.800. The highest BCUT2D eigenvalue weighted by Gasteiger charge is 2.39. The molecule has 1 aromatic carbocycles. The van der Waals surface area contributed by atoms with E-state index in [1.165, 1.54) is 120 Å². The van der Waals surface area contributed by atoms with Gasteiger partial charge in [-0.3, -0.25) is 0 Å². The van der Waals surface area contributed by atoms with E-state index < -0.39 is 6.36 Å². The van der Waals surface area contributed by atoms with E-state index in [-0.39, 0.29) is 5.75 Å². The van der Waals surface area contributed by atoms with Crippen LogP contribution in [0, 0.1) is 29.6 Å². The Labute approximate surface area is 205 Å². The Morgan fingerprint density at radius 1 is 0.706 bits per heavy atom. The predicted molar refractivity (Wildman–Crippen MR) is 133 cm³/mol. The van der Waals surface area contributed by atoms with Crippen LogP contribution in [0.3, 0.4) is 0 Å². The minimum absolute atomic E-state index is 0.114. The van der Waals surface area contributed by atoms with Crippen LogP contribution in [0.5, 0.6) is 5.75 Å². The Morgan fingerprint density at radius 2 is 1.29 bits per heavy atom. The SMILES string of the molecule is CCCCCCCC1CCC(C2CCC3CC(c4ccc(OC(F)(F)F)cc4)CCC3C2)CC1. The molecule has 192 valence electrons. The summed E-state index contributed by atoms with van der Waals surface area (Å²) in [5.74, 6) is 4.97. The Hall–Kier alpha value is -1.19. The zero-order chi connectivity index (χ0) is 24.0. The van der Waals surface area contributed by atoms with Crippen LogP contribution in [0.25, 0.3) is 0 Å². The van der Waals surface area contributed by atoms with E-state index >= 15 is 0 Å². The molecule has 0 saturated heterocycles. The Bertz CT molecular complexity index is 720. The Morgan fingerprint density at radius 3 is 1.97 bits per heavy atom. The molecule has 0 N–H and O–H groups in total. The summed E-state index contributed by atoms with van der Waals surface area (Å²) in [5, 5.41) is 0. The van der Waals surface area contributed by atoms with Crippen molar-refractivity contribution < 1.29 is 17.9 Å². The van der Waals surface area contributed by atoms with Crippen LogP contribution in [-0.4, -0.2) is 6.36 Å².